The molecule has 0 spiro atoms. The summed E-state index contributed by atoms with van der Waals surface area (Å²) in [5.41, 5.74) is 5.30. The number of unbranched alkanes of at least 4 members (excludes halogenated alkanes) is 10. The molecule has 0 fully saturated rings. The van der Waals surface area contributed by atoms with Crippen LogP contribution in [0.15, 0.2) is 60.8 Å². The zero-order valence-electron chi connectivity index (χ0n) is 32.8. The minimum atomic E-state index is -4.79. The number of nitrogens with two attached hydrogens (primary N) is 1. The molecule has 55 heavy (non-hydrogen) atoms. The monoisotopic (exact) mass is 801 g/mol. The molecule has 6 atom stereocenters. The van der Waals surface area contributed by atoms with Gasteiger partial charge in [-0.1, -0.05) is 139 Å². The molecule has 0 radical (unpaired) electrons. The molecule has 14 nitrogen and oxygen atoms in total. The van der Waals surface area contributed by atoms with Gasteiger partial charge in [0.15, 0.2) is 6.10 Å². The Kier molecular flexibility index (Phi) is 32.5. The van der Waals surface area contributed by atoms with E-state index >= 15 is 0 Å². The van der Waals surface area contributed by atoms with Gasteiger partial charge in [-0.15, -0.1) is 0 Å². The molecule has 0 saturated carbocycles. The molecule has 0 rings (SSSR count). The minimum Gasteiger partial charge on any atom is -0.480 e. The number of allylic oxidation sites excluding steroid dienone is 7. The van der Waals surface area contributed by atoms with Gasteiger partial charge in [0.2, 0.25) is 0 Å². The van der Waals surface area contributed by atoms with Crippen molar-refractivity contribution < 1.29 is 62.8 Å². The fourth-order valence-corrected chi connectivity index (χ4v) is 5.65. The van der Waals surface area contributed by atoms with E-state index in [1.165, 1.54) is 44.6 Å². The third-order valence-electron chi connectivity index (χ3n) is 8.12. The third-order valence-corrected chi connectivity index (χ3v) is 9.07. The quantitative estimate of drug-likeness (QED) is 0.0132. The number of carbonyl (C=O) groups is 3. The summed E-state index contributed by atoms with van der Waals surface area (Å²) in [6, 6.07) is -1.57. The first kappa shape index (κ1) is 52.1. The summed E-state index contributed by atoms with van der Waals surface area (Å²) in [6.07, 6.45) is 26.8. The van der Waals surface area contributed by atoms with E-state index in [9.17, 15) is 39.2 Å². The van der Waals surface area contributed by atoms with Crippen LogP contribution in [0.3, 0.4) is 0 Å². The number of aliphatic hydroxyl groups excluding tert-OH is 3. The average Bonchev–Trinajstić information content (AvgIpc) is 3.14. The van der Waals surface area contributed by atoms with Gasteiger partial charge in [-0.3, -0.25) is 23.4 Å². The number of phosphoric acid groups is 1. The predicted octanol–water partition coefficient (Wildman–Crippen LogP) is 6.52. The van der Waals surface area contributed by atoms with E-state index in [2.05, 4.69) is 11.4 Å². The van der Waals surface area contributed by atoms with Crippen molar-refractivity contribution in [2.24, 2.45) is 5.73 Å². The van der Waals surface area contributed by atoms with Crippen molar-refractivity contribution in [3.8, 4) is 0 Å². The number of phosphoric ester groups is 1. The Balaban J connectivity index is 4.76. The van der Waals surface area contributed by atoms with E-state index in [0.29, 0.717) is 12.8 Å². The molecule has 1 unspecified atom stereocenters. The molecule has 316 valence electrons. The van der Waals surface area contributed by atoms with Crippen molar-refractivity contribution in [2.45, 2.75) is 153 Å². The van der Waals surface area contributed by atoms with Crippen LogP contribution in [0, 0.1) is 0 Å². The zero-order chi connectivity index (χ0) is 41.2. The summed E-state index contributed by atoms with van der Waals surface area (Å²) in [4.78, 5) is 45.8. The smallest absolute Gasteiger partial charge is 0.472 e. The first-order chi connectivity index (χ1) is 26.3. The second kappa shape index (κ2) is 34.3. The highest BCUT2D eigenvalue weighted by atomic mass is 31.2. The maximum atomic E-state index is 12.6. The highest BCUT2D eigenvalue weighted by molar-refractivity contribution is 7.47. The van der Waals surface area contributed by atoms with Gasteiger partial charge in [-0.25, -0.2) is 4.57 Å². The molecule has 0 amide bonds. The van der Waals surface area contributed by atoms with Gasteiger partial charge in [0, 0.05) is 12.8 Å². The highest BCUT2D eigenvalue weighted by Gasteiger charge is 2.28. The maximum absolute atomic E-state index is 12.6. The molecule has 0 saturated heterocycles. The SMILES string of the molecule is CC/C=C\C[C@@H](O)/C=C/C=C/C=C\C=C/[C@H](O)[C@@H](O)CCCC(=O)OC[C@H](COP(=O)(O)OC[C@H](N)C(=O)O)OC(=O)CCCCCCCCCCCCC. The molecule has 0 aliphatic carbocycles. The Hall–Kier alpha value is -2.94. The molecule has 0 aromatic carbocycles. The van der Waals surface area contributed by atoms with Crippen LogP contribution in [0.25, 0.3) is 0 Å². The molecule has 0 aliphatic heterocycles. The maximum Gasteiger partial charge on any atom is 0.472 e. The van der Waals surface area contributed by atoms with Crippen LogP contribution in [-0.2, 0) is 37.5 Å². The number of carboxylic acids is 1. The molecule has 0 aromatic rings. The van der Waals surface area contributed by atoms with Crippen LogP contribution < -0.4 is 5.73 Å². The van der Waals surface area contributed by atoms with Crippen LogP contribution in [0.2, 0.25) is 0 Å². The Morgan fingerprint density at radius 2 is 1.24 bits per heavy atom. The van der Waals surface area contributed by atoms with Crippen molar-refractivity contribution in [1.82, 2.24) is 0 Å². The van der Waals surface area contributed by atoms with Crippen LogP contribution in [0.4, 0.5) is 0 Å². The van der Waals surface area contributed by atoms with E-state index in [-0.39, 0.29) is 25.7 Å². The topological polar surface area (TPSA) is 232 Å². The van der Waals surface area contributed by atoms with Crippen molar-refractivity contribution in [3.63, 3.8) is 0 Å². The van der Waals surface area contributed by atoms with E-state index in [1.54, 1.807) is 42.5 Å². The van der Waals surface area contributed by atoms with Crippen LogP contribution >= 0.6 is 7.82 Å². The molecule has 0 bridgehead atoms. The number of carbonyl (C=O) groups excluding carboxylic acids is 2. The number of hydrogen-bond acceptors (Lipinski definition) is 12. The second-order valence-corrected chi connectivity index (χ2v) is 14.7. The van der Waals surface area contributed by atoms with Crippen molar-refractivity contribution >= 4 is 25.7 Å². The summed E-state index contributed by atoms with van der Waals surface area (Å²) < 4.78 is 32.3. The predicted molar refractivity (Wildman–Crippen MR) is 212 cm³/mol. The molecular formula is C40H68NO13P. The standard InChI is InChI=1S/C40H68NO13P/c1-3-5-7-8-9-10-11-12-13-18-22-28-39(46)54-34(31-52-55(49,50)53-32-35(41)40(47)48)30-51-38(45)29-23-27-37(44)36(43)26-21-17-15-14-16-20-25-33(42)24-19-6-4-2/h6,14-17,19-21,25-26,33-37,42-44H,3-5,7-13,18,22-24,27-32,41H2,1-2H3,(H,47,48)(H,49,50)/b16-14+,17-15-,19-6-,25-20+,26-21-/t33-,34-,35+,36+,37+/m1/s1. The lowest BCUT2D eigenvalue weighted by molar-refractivity contribution is -0.161. The lowest BCUT2D eigenvalue weighted by Gasteiger charge is -2.20. The van der Waals surface area contributed by atoms with E-state index in [4.69, 9.17) is 24.8 Å². The summed E-state index contributed by atoms with van der Waals surface area (Å²) in [5, 5.41) is 39.2. The Morgan fingerprint density at radius 1 is 0.691 bits per heavy atom. The minimum absolute atomic E-state index is 0.0782. The number of aliphatic hydroxyl groups is 3. The van der Waals surface area contributed by atoms with Gasteiger partial charge in [0.05, 0.1) is 31.5 Å². The van der Waals surface area contributed by atoms with Gasteiger partial charge in [0.25, 0.3) is 0 Å². The molecule has 0 aromatic heterocycles. The zero-order valence-corrected chi connectivity index (χ0v) is 33.7. The molecule has 0 heterocycles. The number of rotatable bonds is 35. The Bertz CT molecular complexity index is 1220. The van der Waals surface area contributed by atoms with Crippen LogP contribution in [0.5, 0.6) is 0 Å². The van der Waals surface area contributed by atoms with Gasteiger partial charge >= 0.3 is 25.7 Å². The summed E-state index contributed by atoms with van der Waals surface area (Å²) in [5.74, 6) is -2.76. The van der Waals surface area contributed by atoms with Crippen LogP contribution in [0.1, 0.15) is 123 Å². The van der Waals surface area contributed by atoms with E-state index in [0.717, 1.165) is 32.1 Å². The number of hydrogen-bond donors (Lipinski definition) is 6. The summed E-state index contributed by atoms with van der Waals surface area (Å²) >= 11 is 0. The Labute approximate surface area is 327 Å². The van der Waals surface area contributed by atoms with Crippen LogP contribution in [-0.4, -0.2) is 93.5 Å². The van der Waals surface area contributed by atoms with Crippen molar-refractivity contribution in [2.75, 3.05) is 19.8 Å². The van der Waals surface area contributed by atoms with Gasteiger partial charge < -0.3 is 40.5 Å². The summed E-state index contributed by atoms with van der Waals surface area (Å²) in [6.45, 7) is 2.22. The molecular weight excluding hydrogens is 733 g/mol. The fraction of sp³-hybridized carbons (Fsp3) is 0.675. The van der Waals surface area contributed by atoms with Gasteiger partial charge in [-0.2, -0.15) is 0 Å². The number of esters is 2. The lowest BCUT2D eigenvalue weighted by atomic mass is 10.1. The summed E-state index contributed by atoms with van der Waals surface area (Å²) in [7, 11) is -4.79. The van der Waals surface area contributed by atoms with Crippen molar-refractivity contribution in [1.29, 1.82) is 0 Å². The Morgan fingerprint density at radius 3 is 1.84 bits per heavy atom. The second-order valence-electron chi connectivity index (χ2n) is 13.3. The van der Waals surface area contributed by atoms with Gasteiger partial charge in [0.1, 0.15) is 12.6 Å². The largest absolute Gasteiger partial charge is 0.480 e. The normalized spacial score (nSPS) is 16.2. The fourth-order valence-electron chi connectivity index (χ4n) is 4.88. The first-order valence-corrected chi connectivity index (χ1v) is 21.1. The number of carboxylic acid groups (broad SMARTS) is 1. The lowest BCUT2D eigenvalue weighted by Crippen LogP contribution is -2.34. The van der Waals surface area contributed by atoms with E-state index in [1.807, 2.05) is 19.1 Å². The first-order valence-electron chi connectivity index (χ1n) is 19.6. The van der Waals surface area contributed by atoms with Crippen molar-refractivity contribution in [3.05, 3.63) is 60.8 Å². The highest BCUT2D eigenvalue weighted by Crippen LogP contribution is 2.43. The number of aliphatic carboxylic acids is 1. The third kappa shape index (κ3) is 33.0. The van der Waals surface area contributed by atoms with Gasteiger partial charge in [-0.05, 0) is 32.1 Å². The number of ether oxygens (including phenoxy) is 2. The molecule has 15 heteroatoms. The molecule has 0 aliphatic rings. The van der Waals surface area contributed by atoms with E-state index < -0.39 is 76.0 Å². The average molecular weight is 802 g/mol. The molecule has 7 N–H and O–H groups in total.